The molecule has 2 atom stereocenters. The van der Waals surface area contributed by atoms with Crippen LogP contribution in [-0.4, -0.2) is 25.8 Å². The average Bonchev–Trinajstić information content (AvgIpc) is 2.87. The second-order valence-corrected chi connectivity index (χ2v) is 9.52. The molecule has 3 aliphatic rings. The maximum atomic E-state index is 6.13. The van der Waals surface area contributed by atoms with Crippen molar-refractivity contribution in [3.05, 3.63) is 59.7 Å². The SMILES string of the molecule is c1cc(C2CCCCC2)ccc1OC1OCCOC1Oc1ccc(C2CCCCC2)cc1. The van der Waals surface area contributed by atoms with Gasteiger partial charge in [0.05, 0.1) is 13.2 Å². The third kappa shape index (κ3) is 5.47. The molecule has 2 aromatic rings. The van der Waals surface area contributed by atoms with Crippen LogP contribution >= 0.6 is 0 Å². The van der Waals surface area contributed by atoms with Crippen LogP contribution in [0.15, 0.2) is 48.5 Å². The van der Waals surface area contributed by atoms with Crippen molar-refractivity contribution in [2.45, 2.75) is 88.6 Å². The van der Waals surface area contributed by atoms with Gasteiger partial charge in [-0.05, 0) is 72.9 Å². The van der Waals surface area contributed by atoms with E-state index in [0.717, 1.165) is 11.5 Å². The molecular formula is C28H36O4. The van der Waals surface area contributed by atoms with Crippen molar-refractivity contribution in [1.29, 1.82) is 0 Å². The van der Waals surface area contributed by atoms with Crippen molar-refractivity contribution >= 4 is 0 Å². The Morgan fingerprint density at radius 2 is 0.875 bits per heavy atom. The summed E-state index contributed by atoms with van der Waals surface area (Å²) in [6, 6.07) is 17.0. The van der Waals surface area contributed by atoms with Gasteiger partial charge < -0.3 is 18.9 Å². The molecule has 2 aromatic carbocycles. The van der Waals surface area contributed by atoms with Crippen molar-refractivity contribution in [1.82, 2.24) is 0 Å². The van der Waals surface area contributed by atoms with E-state index in [4.69, 9.17) is 18.9 Å². The molecule has 1 saturated heterocycles. The number of rotatable bonds is 6. The summed E-state index contributed by atoms with van der Waals surface area (Å²) in [5.41, 5.74) is 2.84. The fourth-order valence-electron chi connectivity index (χ4n) is 5.44. The first-order valence-corrected chi connectivity index (χ1v) is 12.6. The Morgan fingerprint density at radius 1 is 0.500 bits per heavy atom. The highest BCUT2D eigenvalue weighted by Crippen LogP contribution is 2.35. The Labute approximate surface area is 192 Å². The molecule has 32 heavy (non-hydrogen) atoms. The molecule has 5 rings (SSSR count). The summed E-state index contributed by atoms with van der Waals surface area (Å²) in [6.45, 7) is 1.01. The molecule has 2 unspecified atom stereocenters. The number of ether oxygens (including phenoxy) is 4. The lowest BCUT2D eigenvalue weighted by molar-refractivity contribution is -0.271. The highest BCUT2D eigenvalue weighted by atomic mass is 16.8. The minimum absolute atomic E-state index is 0.505. The fraction of sp³-hybridized carbons (Fsp3) is 0.571. The van der Waals surface area contributed by atoms with Gasteiger partial charge in [-0.25, -0.2) is 0 Å². The maximum Gasteiger partial charge on any atom is 0.263 e. The predicted octanol–water partition coefficient (Wildman–Crippen LogP) is 6.94. The van der Waals surface area contributed by atoms with E-state index in [2.05, 4.69) is 48.5 Å². The van der Waals surface area contributed by atoms with Crippen LogP contribution in [0.1, 0.15) is 87.2 Å². The van der Waals surface area contributed by atoms with Crippen LogP contribution in [0.5, 0.6) is 11.5 Å². The minimum atomic E-state index is -0.581. The van der Waals surface area contributed by atoms with Crippen LogP contribution in [0.4, 0.5) is 0 Å². The molecule has 0 amide bonds. The second kappa shape index (κ2) is 10.7. The molecular weight excluding hydrogens is 400 g/mol. The standard InChI is InChI=1S/C28H36O4/c1-3-7-21(8-4-1)23-11-15-25(16-12-23)31-27-28(30-20-19-29-27)32-26-17-13-24(14-18-26)22-9-5-2-6-10-22/h11-18,21-22,27-28H,1-10,19-20H2. The molecule has 4 heteroatoms. The third-order valence-corrected chi connectivity index (χ3v) is 7.29. The van der Waals surface area contributed by atoms with Gasteiger partial charge in [0.25, 0.3) is 12.6 Å². The zero-order valence-corrected chi connectivity index (χ0v) is 19.0. The van der Waals surface area contributed by atoms with Gasteiger partial charge in [0.2, 0.25) is 0 Å². The molecule has 1 aliphatic heterocycles. The normalized spacial score (nSPS) is 25.4. The molecule has 0 radical (unpaired) electrons. The van der Waals surface area contributed by atoms with Gasteiger partial charge in [-0.2, -0.15) is 0 Å². The number of hydrogen-bond acceptors (Lipinski definition) is 4. The summed E-state index contributed by atoms with van der Waals surface area (Å²) < 4.78 is 24.0. The summed E-state index contributed by atoms with van der Waals surface area (Å²) in [6.07, 6.45) is 12.2. The first-order chi connectivity index (χ1) is 15.8. The van der Waals surface area contributed by atoms with E-state index in [9.17, 15) is 0 Å². The van der Waals surface area contributed by atoms with Gasteiger partial charge in [-0.1, -0.05) is 62.8 Å². The second-order valence-electron chi connectivity index (χ2n) is 9.52. The highest BCUT2D eigenvalue weighted by molar-refractivity contribution is 5.31. The Kier molecular flexibility index (Phi) is 7.30. The third-order valence-electron chi connectivity index (χ3n) is 7.29. The van der Waals surface area contributed by atoms with Gasteiger partial charge in [-0.15, -0.1) is 0 Å². The number of benzene rings is 2. The zero-order chi connectivity index (χ0) is 21.6. The Morgan fingerprint density at radius 3 is 1.25 bits per heavy atom. The first kappa shape index (κ1) is 21.8. The zero-order valence-electron chi connectivity index (χ0n) is 19.0. The Hall–Kier alpha value is -2.04. The quantitative estimate of drug-likeness (QED) is 0.491. The summed E-state index contributed by atoms with van der Waals surface area (Å²) >= 11 is 0. The van der Waals surface area contributed by atoms with Crippen LogP contribution in [0.25, 0.3) is 0 Å². The minimum Gasteiger partial charge on any atom is -0.458 e. The van der Waals surface area contributed by atoms with Crippen molar-refractivity contribution in [2.24, 2.45) is 0 Å². The topological polar surface area (TPSA) is 36.9 Å². The summed E-state index contributed by atoms with van der Waals surface area (Å²) in [5.74, 6) is 2.97. The molecule has 0 bridgehead atoms. The fourth-order valence-corrected chi connectivity index (χ4v) is 5.44. The van der Waals surface area contributed by atoms with Crippen LogP contribution in [0.2, 0.25) is 0 Å². The van der Waals surface area contributed by atoms with Gasteiger partial charge in [-0.3, -0.25) is 0 Å². The Balaban J connectivity index is 1.19. The lowest BCUT2D eigenvalue weighted by Gasteiger charge is -2.32. The highest BCUT2D eigenvalue weighted by Gasteiger charge is 2.31. The molecule has 0 spiro atoms. The Bertz CT molecular complexity index is 748. The first-order valence-electron chi connectivity index (χ1n) is 12.6. The molecule has 0 aromatic heterocycles. The summed E-state index contributed by atoms with van der Waals surface area (Å²) in [5, 5.41) is 0. The van der Waals surface area contributed by atoms with E-state index in [-0.39, 0.29) is 0 Å². The average molecular weight is 437 g/mol. The van der Waals surface area contributed by atoms with E-state index in [1.54, 1.807) is 0 Å². The van der Waals surface area contributed by atoms with E-state index >= 15 is 0 Å². The molecule has 2 saturated carbocycles. The van der Waals surface area contributed by atoms with Gasteiger partial charge in [0.1, 0.15) is 11.5 Å². The lowest BCUT2D eigenvalue weighted by Crippen LogP contribution is -2.45. The molecule has 3 fully saturated rings. The molecule has 0 N–H and O–H groups in total. The largest absolute Gasteiger partial charge is 0.458 e. The lowest BCUT2D eigenvalue weighted by atomic mass is 9.84. The monoisotopic (exact) mass is 436 g/mol. The summed E-state index contributed by atoms with van der Waals surface area (Å²) in [4.78, 5) is 0. The van der Waals surface area contributed by atoms with Crippen LogP contribution < -0.4 is 9.47 Å². The molecule has 2 aliphatic carbocycles. The van der Waals surface area contributed by atoms with Gasteiger partial charge in [0.15, 0.2) is 0 Å². The van der Waals surface area contributed by atoms with E-state index in [0.29, 0.717) is 25.0 Å². The molecule has 1 heterocycles. The van der Waals surface area contributed by atoms with E-state index < -0.39 is 12.6 Å². The van der Waals surface area contributed by atoms with Gasteiger partial charge in [0, 0.05) is 0 Å². The van der Waals surface area contributed by atoms with Crippen molar-refractivity contribution < 1.29 is 18.9 Å². The van der Waals surface area contributed by atoms with Crippen LogP contribution in [-0.2, 0) is 9.47 Å². The maximum absolute atomic E-state index is 6.13. The van der Waals surface area contributed by atoms with Gasteiger partial charge >= 0.3 is 0 Å². The number of hydrogen-bond donors (Lipinski definition) is 0. The van der Waals surface area contributed by atoms with Crippen molar-refractivity contribution in [2.75, 3.05) is 13.2 Å². The van der Waals surface area contributed by atoms with Crippen molar-refractivity contribution in [3.8, 4) is 11.5 Å². The van der Waals surface area contributed by atoms with Crippen molar-refractivity contribution in [3.63, 3.8) is 0 Å². The van der Waals surface area contributed by atoms with E-state index in [1.165, 1.54) is 75.3 Å². The summed E-state index contributed by atoms with van der Waals surface area (Å²) in [7, 11) is 0. The van der Waals surface area contributed by atoms with E-state index in [1.807, 2.05) is 0 Å². The van der Waals surface area contributed by atoms with Crippen LogP contribution in [0.3, 0.4) is 0 Å². The smallest absolute Gasteiger partial charge is 0.263 e. The van der Waals surface area contributed by atoms with Crippen LogP contribution in [0, 0.1) is 0 Å². The molecule has 172 valence electrons. The molecule has 4 nitrogen and oxygen atoms in total. The predicted molar refractivity (Wildman–Crippen MR) is 125 cm³/mol.